The van der Waals surface area contributed by atoms with E-state index in [1.54, 1.807) is 30.2 Å². The number of ether oxygens (including phenoxy) is 1. The van der Waals surface area contributed by atoms with Crippen molar-refractivity contribution >= 4 is 23.1 Å². The number of thioether (sulfide) groups is 1. The molecule has 2 aromatic rings. The zero-order valence-corrected chi connectivity index (χ0v) is 11.3. The van der Waals surface area contributed by atoms with Crippen molar-refractivity contribution in [2.45, 2.75) is 10.1 Å². The molecule has 2 rings (SSSR count). The van der Waals surface area contributed by atoms with Gasteiger partial charge in [0.05, 0.1) is 7.11 Å². The van der Waals surface area contributed by atoms with Crippen LogP contribution in [0, 0.1) is 0 Å². The summed E-state index contributed by atoms with van der Waals surface area (Å²) in [6, 6.07) is 10.2. The van der Waals surface area contributed by atoms with E-state index in [0.29, 0.717) is 6.54 Å². The zero-order valence-electron chi connectivity index (χ0n) is 9.63. The largest absolute Gasteiger partial charge is 0.496 e. The fourth-order valence-electron chi connectivity index (χ4n) is 1.58. The summed E-state index contributed by atoms with van der Waals surface area (Å²) in [4.78, 5) is 1.14. The number of thiophene rings is 1. The average molecular weight is 265 g/mol. The van der Waals surface area contributed by atoms with Gasteiger partial charge in [-0.25, -0.2) is 0 Å². The molecule has 2 nitrogen and oxygen atoms in total. The van der Waals surface area contributed by atoms with Gasteiger partial charge in [-0.15, -0.1) is 11.8 Å². The number of methoxy groups -OCH3 is 1. The highest BCUT2D eigenvalue weighted by Crippen LogP contribution is 2.39. The molecule has 0 radical (unpaired) electrons. The average Bonchev–Trinajstić information content (AvgIpc) is 2.90. The maximum absolute atomic E-state index is 5.85. The van der Waals surface area contributed by atoms with Gasteiger partial charge in [0.15, 0.2) is 0 Å². The predicted octanol–water partition coefficient (Wildman–Crippen LogP) is 3.55. The molecule has 0 aliphatic heterocycles. The van der Waals surface area contributed by atoms with E-state index in [9.17, 15) is 0 Å². The lowest BCUT2D eigenvalue weighted by Gasteiger charge is -2.15. The second-order valence-corrected chi connectivity index (χ2v) is 5.57. The fourth-order valence-corrected chi connectivity index (χ4v) is 3.49. The molecule has 1 heterocycles. The van der Waals surface area contributed by atoms with Crippen molar-refractivity contribution in [2.24, 2.45) is 5.73 Å². The van der Waals surface area contributed by atoms with Crippen LogP contribution in [0.4, 0.5) is 0 Å². The van der Waals surface area contributed by atoms with Crippen LogP contribution in [0.15, 0.2) is 46.0 Å². The monoisotopic (exact) mass is 265 g/mol. The quantitative estimate of drug-likeness (QED) is 0.840. The maximum Gasteiger partial charge on any atom is 0.132 e. The first-order valence-corrected chi connectivity index (χ1v) is 7.19. The van der Waals surface area contributed by atoms with E-state index in [0.717, 1.165) is 10.6 Å². The molecule has 0 spiro atoms. The first-order valence-electron chi connectivity index (χ1n) is 5.37. The van der Waals surface area contributed by atoms with Gasteiger partial charge in [-0.2, -0.15) is 11.3 Å². The number of benzene rings is 1. The smallest absolute Gasteiger partial charge is 0.132 e. The second-order valence-electron chi connectivity index (χ2n) is 3.55. The summed E-state index contributed by atoms with van der Waals surface area (Å²) in [7, 11) is 1.70. The van der Waals surface area contributed by atoms with Crippen LogP contribution in [0.1, 0.15) is 10.8 Å². The third-order valence-corrected chi connectivity index (χ3v) is 4.51. The van der Waals surface area contributed by atoms with Crippen LogP contribution in [0.3, 0.4) is 0 Å². The molecule has 0 bridgehead atoms. The van der Waals surface area contributed by atoms with Crippen LogP contribution < -0.4 is 10.5 Å². The van der Waals surface area contributed by atoms with Crippen molar-refractivity contribution < 1.29 is 4.74 Å². The lowest BCUT2D eigenvalue weighted by molar-refractivity contribution is 0.404. The van der Waals surface area contributed by atoms with E-state index >= 15 is 0 Å². The molecule has 1 unspecified atom stereocenters. The van der Waals surface area contributed by atoms with Gasteiger partial charge in [0.1, 0.15) is 5.75 Å². The summed E-state index contributed by atoms with van der Waals surface area (Å²) in [5, 5.41) is 4.53. The molecule has 0 saturated heterocycles. The highest BCUT2D eigenvalue weighted by atomic mass is 32.2. The molecule has 0 amide bonds. The fraction of sp³-hybridized carbons (Fsp3) is 0.231. The minimum Gasteiger partial charge on any atom is -0.496 e. The number of para-hydroxylation sites is 1. The Balaban J connectivity index is 2.18. The standard InChI is InChI=1S/C13H15NOS2/c1-15-11-4-2-3-5-12(11)17-13(8-14)10-6-7-16-9-10/h2-7,9,13H,8,14H2,1H3. The van der Waals surface area contributed by atoms with E-state index in [2.05, 4.69) is 22.9 Å². The Morgan fingerprint density at radius 2 is 2.18 bits per heavy atom. The van der Waals surface area contributed by atoms with E-state index in [4.69, 9.17) is 10.5 Å². The Bertz CT molecular complexity index is 456. The first-order chi connectivity index (χ1) is 8.35. The molecule has 0 aliphatic rings. The molecular weight excluding hydrogens is 250 g/mol. The lowest BCUT2D eigenvalue weighted by atomic mass is 10.2. The van der Waals surface area contributed by atoms with Gasteiger partial charge in [0, 0.05) is 16.7 Å². The van der Waals surface area contributed by atoms with Crippen molar-refractivity contribution in [3.63, 3.8) is 0 Å². The van der Waals surface area contributed by atoms with Crippen LogP contribution in [0.25, 0.3) is 0 Å². The molecule has 90 valence electrons. The maximum atomic E-state index is 5.85. The topological polar surface area (TPSA) is 35.2 Å². The Morgan fingerprint density at radius 1 is 1.35 bits per heavy atom. The minimum absolute atomic E-state index is 0.289. The van der Waals surface area contributed by atoms with Gasteiger partial charge < -0.3 is 10.5 Å². The highest BCUT2D eigenvalue weighted by Gasteiger charge is 2.14. The van der Waals surface area contributed by atoms with Gasteiger partial charge >= 0.3 is 0 Å². The molecule has 0 fully saturated rings. The third-order valence-electron chi connectivity index (χ3n) is 2.47. The third kappa shape index (κ3) is 3.03. The van der Waals surface area contributed by atoms with Crippen LogP contribution in [0.2, 0.25) is 0 Å². The molecular formula is C13H15NOS2. The summed E-state index contributed by atoms with van der Waals surface area (Å²) < 4.78 is 5.35. The number of nitrogens with two attached hydrogens (primary N) is 1. The van der Waals surface area contributed by atoms with Gasteiger partial charge in [-0.3, -0.25) is 0 Å². The van der Waals surface area contributed by atoms with Crippen molar-refractivity contribution in [3.8, 4) is 5.75 Å². The summed E-state index contributed by atoms with van der Waals surface area (Å²) in [5.74, 6) is 0.908. The first kappa shape index (κ1) is 12.5. The second kappa shape index (κ2) is 6.10. The van der Waals surface area contributed by atoms with E-state index in [-0.39, 0.29) is 5.25 Å². The van der Waals surface area contributed by atoms with Crippen LogP contribution in [-0.4, -0.2) is 13.7 Å². The van der Waals surface area contributed by atoms with Crippen molar-refractivity contribution in [2.75, 3.05) is 13.7 Å². The predicted molar refractivity (Wildman–Crippen MR) is 75.0 cm³/mol. The number of rotatable bonds is 5. The van der Waals surface area contributed by atoms with Gasteiger partial charge in [-0.1, -0.05) is 12.1 Å². The van der Waals surface area contributed by atoms with Gasteiger partial charge in [-0.05, 0) is 34.5 Å². The summed E-state index contributed by atoms with van der Waals surface area (Å²) in [6.07, 6.45) is 0. The van der Waals surface area contributed by atoms with Crippen molar-refractivity contribution in [1.29, 1.82) is 0 Å². The summed E-state index contributed by atoms with van der Waals surface area (Å²) >= 11 is 3.46. The van der Waals surface area contributed by atoms with E-state index in [1.165, 1.54) is 5.56 Å². The Labute approximate surface area is 110 Å². The van der Waals surface area contributed by atoms with Crippen molar-refractivity contribution in [1.82, 2.24) is 0 Å². The normalized spacial score (nSPS) is 12.4. The summed E-state index contributed by atoms with van der Waals surface area (Å²) in [5.41, 5.74) is 7.13. The highest BCUT2D eigenvalue weighted by molar-refractivity contribution is 7.99. The van der Waals surface area contributed by atoms with E-state index < -0.39 is 0 Å². The molecule has 4 heteroatoms. The lowest BCUT2D eigenvalue weighted by Crippen LogP contribution is -2.08. The van der Waals surface area contributed by atoms with Gasteiger partial charge in [0.2, 0.25) is 0 Å². The van der Waals surface area contributed by atoms with Crippen molar-refractivity contribution in [3.05, 3.63) is 46.7 Å². The molecule has 1 aromatic heterocycles. The zero-order chi connectivity index (χ0) is 12.1. The molecule has 1 aromatic carbocycles. The SMILES string of the molecule is COc1ccccc1SC(CN)c1ccsc1. The Morgan fingerprint density at radius 3 is 2.82 bits per heavy atom. The van der Waals surface area contributed by atoms with Crippen LogP contribution >= 0.6 is 23.1 Å². The number of hydrogen-bond donors (Lipinski definition) is 1. The Kier molecular flexibility index (Phi) is 4.48. The summed E-state index contributed by atoms with van der Waals surface area (Å²) in [6.45, 7) is 0.624. The molecule has 0 saturated carbocycles. The minimum atomic E-state index is 0.289. The number of hydrogen-bond acceptors (Lipinski definition) is 4. The van der Waals surface area contributed by atoms with E-state index in [1.807, 2.05) is 18.2 Å². The van der Waals surface area contributed by atoms with Gasteiger partial charge in [0.25, 0.3) is 0 Å². The molecule has 2 N–H and O–H groups in total. The Hall–Kier alpha value is -0.970. The van der Waals surface area contributed by atoms with Crippen LogP contribution in [-0.2, 0) is 0 Å². The van der Waals surface area contributed by atoms with Crippen LogP contribution in [0.5, 0.6) is 5.75 Å². The molecule has 17 heavy (non-hydrogen) atoms. The molecule has 1 atom stereocenters. The molecule has 0 aliphatic carbocycles.